The first-order valence-corrected chi connectivity index (χ1v) is 4.76. The minimum Gasteiger partial charge on any atom is -0.506 e. The molecule has 0 saturated heterocycles. The van der Waals surface area contributed by atoms with E-state index < -0.39 is 0 Å². The number of nitrogens with zero attached hydrogens (tertiary/aromatic N) is 1. The minimum absolute atomic E-state index is 0.0420. The van der Waals surface area contributed by atoms with Gasteiger partial charge in [-0.1, -0.05) is 17.7 Å². The molecule has 0 saturated carbocycles. The van der Waals surface area contributed by atoms with Crippen LogP contribution >= 0.6 is 11.6 Å². The molecular formula is C10H10ClN3O. The van der Waals surface area contributed by atoms with Gasteiger partial charge < -0.3 is 10.8 Å². The fourth-order valence-electron chi connectivity index (χ4n) is 1.47. The second kappa shape index (κ2) is 3.47. The number of phenolic OH excluding ortho intramolecular Hbond substituents is 1. The molecule has 1 aromatic carbocycles. The van der Waals surface area contributed by atoms with Crippen LogP contribution in [0.1, 0.15) is 5.56 Å². The molecule has 1 heterocycles. The van der Waals surface area contributed by atoms with Crippen molar-refractivity contribution >= 4 is 17.4 Å². The zero-order valence-corrected chi connectivity index (χ0v) is 8.84. The predicted molar refractivity (Wildman–Crippen MR) is 59.8 cm³/mol. The van der Waals surface area contributed by atoms with E-state index in [9.17, 15) is 5.11 Å². The molecule has 78 valence electrons. The summed E-state index contributed by atoms with van der Waals surface area (Å²) in [6.07, 6.45) is 0. The summed E-state index contributed by atoms with van der Waals surface area (Å²) in [5, 5.41) is 16.7. The van der Waals surface area contributed by atoms with Crippen LogP contribution in [0.3, 0.4) is 0 Å². The topological polar surface area (TPSA) is 74.9 Å². The summed E-state index contributed by atoms with van der Waals surface area (Å²) in [5.74, 6) is 0.420. The number of benzene rings is 1. The van der Waals surface area contributed by atoms with Gasteiger partial charge in [-0.15, -0.1) is 0 Å². The molecule has 0 spiro atoms. The summed E-state index contributed by atoms with van der Waals surface area (Å²) in [5.41, 5.74) is 7.69. The van der Waals surface area contributed by atoms with Gasteiger partial charge in [0.15, 0.2) is 0 Å². The van der Waals surface area contributed by atoms with Gasteiger partial charge in [-0.25, -0.2) is 0 Å². The van der Waals surface area contributed by atoms with Crippen molar-refractivity contribution in [3.05, 3.63) is 28.8 Å². The molecule has 0 bridgehead atoms. The summed E-state index contributed by atoms with van der Waals surface area (Å²) in [6, 6.07) is 5.13. The number of rotatable bonds is 1. The lowest BCUT2D eigenvalue weighted by Gasteiger charge is -2.07. The number of aromatic hydroxyl groups is 1. The average molecular weight is 224 g/mol. The first kappa shape index (κ1) is 9.86. The standard InChI is InChI=1S/C10H10ClN3O/c1-5-2-3-6(11)10(15)9(5)7-4-8(12)14-13-7/h2-4,15H,1H3,(H3,12,13,14). The molecule has 5 heteroatoms. The van der Waals surface area contributed by atoms with Gasteiger partial charge in [-0.05, 0) is 18.6 Å². The van der Waals surface area contributed by atoms with Crippen LogP contribution in [0, 0.1) is 6.92 Å². The minimum atomic E-state index is 0.0420. The second-order valence-corrected chi connectivity index (χ2v) is 3.70. The van der Waals surface area contributed by atoms with Crippen molar-refractivity contribution in [3.8, 4) is 17.0 Å². The molecule has 0 atom stereocenters. The molecule has 2 aromatic rings. The van der Waals surface area contributed by atoms with Crippen LogP contribution in [0.5, 0.6) is 5.75 Å². The van der Waals surface area contributed by atoms with E-state index in [2.05, 4.69) is 10.2 Å². The fourth-order valence-corrected chi connectivity index (χ4v) is 1.63. The van der Waals surface area contributed by atoms with Crippen LogP contribution < -0.4 is 5.73 Å². The van der Waals surface area contributed by atoms with Crippen molar-refractivity contribution in [3.63, 3.8) is 0 Å². The molecule has 2 rings (SSSR count). The molecule has 15 heavy (non-hydrogen) atoms. The number of anilines is 1. The largest absolute Gasteiger partial charge is 0.506 e. The molecule has 4 nitrogen and oxygen atoms in total. The number of hydrogen-bond acceptors (Lipinski definition) is 3. The zero-order valence-electron chi connectivity index (χ0n) is 8.08. The number of hydrogen-bond donors (Lipinski definition) is 3. The van der Waals surface area contributed by atoms with Crippen LogP contribution in [0.15, 0.2) is 18.2 Å². The summed E-state index contributed by atoms with van der Waals surface area (Å²) >= 11 is 5.83. The Kier molecular flexibility index (Phi) is 2.28. The lowest BCUT2D eigenvalue weighted by atomic mass is 10.0. The van der Waals surface area contributed by atoms with E-state index in [1.807, 2.05) is 13.0 Å². The molecule has 0 fully saturated rings. The predicted octanol–water partition coefficient (Wildman–Crippen LogP) is 2.33. The Labute approximate surface area is 91.7 Å². The number of nitrogens with one attached hydrogen (secondary N) is 1. The number of aromatic nitrogens is 2. The highest BCUT2D eigenvalue weighted by Crippen LogP contribution is 2.37. The monoisotopic (exact) mass is 223 g/mol. The highest BCUT2D eigenvalue weighted by molar-refractivity contribution is 6.32. The number of H-pyrrole nitrogens is 1. The summed E-state index contributed by atoms with van der Waals surface area (Å²) < 4.78 is 0. The smallest absolute Gasteiger partial charge is 0.145 e. The van der Waals surface area contributed by atoms with Crippen LogP contribution in [0.25, 0.3) is 11.3 Å². The summed E-state index contributed by atoms with van der Waals surface area (Å²) in [4.78, 5) is 0. The average Bonchev–Trinajstić information content (AvgIpc) is 2.59. The van der Waals surface area contributed by atoms with E-state index in [1.165, 1.54) is 0 Å². The molecule has 0 aliphatic carbocycles. The Morgan fingerprint density at radius 1 is 1.47 bits per heavy atom. The highest BCUT2D eigenvalue weighted by Gasteiger charge is 2.12. The Hall–Kier alpha value is -1.68. The van der Waals surface area contributed by atoms with Crippen LogP contribution in [-0.4, -0.2) is 15.3 Å². The van der Waals surface area contributed by atoms with Gasteiger partial charge in [0.2, 0.25) is 0 Å². The maximum atomic E-state index is 9.82. The van der Waals surface area contributed by atoms with Gasteiger partial charge >= 0.3 is 0 Å². The van der Waals surface area contributed by atoms with Gasteiger partial charge in [0.1, 0.15) is 11.6 Å². The van der Waals surface area contributed by atoms with Crippen LogP contribution in [0.4, 0.5) is 5.82 Å². The molecular weight excluding hydrogens is 214 g/mol. The maximum Gasteiger partial charge on any atom is 0.145 e. The normalized spacial score (nSPS) is 10.5. The van der Waals surface area contributed by atoms with Crippen molar-refractivity contribution in [2.75, 3.05) is 5.73 Å². The summed E-state index contributed by atoms with van der Waals surface area (Å²) in [6.45, 7) is 1.88. The quantitative estimate of drug-likeness (QED) is 0.695. The first-order chi connectivity index (χ1) is 7.09. The molecule has 4 N–H and O–H groups in total. The van der Waals surface area contributed by atoms with E-state index in [1.54, 1.807) is 12.1 Å². The van der Waals surface area contributed by atoms with E-state index in [4.69, 9.17) is 17.3 Å². The number of halogens is 1. The van der Waals surface area contributed by atoms with Gasteiger partial charge in [0.05, 0.1) is 10.7 Å². The second-order valence-electron chi connectivity index (χ2n) is 3.29. The lowest BCUT2D eigenvalue weighted by molar-refractivity contribution is 0.477. The van der Waals surface area contributed by atoms with Crippen molar-refractivity contribution in [1.82, 2.24) is 10.2 Å². The number of aryl methyl sites for hydroxylation is 1. The van der Waals surface area contributed by atoms with E-state index >= 15 is 0 Å². The van der Waals surface area contributed by atoms with Gasteiger partial charge in [-0.2, -0.15) is 5.10 Å². The van der Waals surface area contributed by atoms with Crippen molar-refractivity contribution in [2.24, 2.45) is 0 Å². The lowest BCUT2D eigenvalue weighted by Crippen LogP contribution is -1.85. The van der Waals surface area contributed by atoms with Crippen molar-refractivity contribution < 1.29 is 5.11 Å². The molecule has 0 aliphatic rings. The fraction of sp³-hybridized carbons (Fsp3) is 0.100. The first-order valence-electron chi connectivity index (χ1n) is 4.39. The third-order valence-electron chi connectivity index (χ3n) is 2.20. The number of nitrogens with two attached hydrogens (primary N) is 1. The Morgan fingerprint density at radius 2 is 2.20 bits per heavy atom. The zero-order chi connectivity index (χ0) is 11.0. The van der Waals surface area contributed by atoms with E-state index in [0.29, 0.717) is 22.1 Å². The Balaban J connectivity index is 2.66. The molecule has 1 aromatic heterocycles. The highest BCUT2D eigenvalue weighted by atomic mass is 35.5. The summed E-state index contributed by atoms with van der Waals surface area (Å²) in [7, 11) is 0. The number of phenols is 1. The van der Waals surface area contributed by atoms with E-state index in [-0.39, 0.29) is 5.75 Å². The van der Waals surface area contributed by atoms with Crippen molar-refractivity contribution in [2.45, 2.75) is 6.92 Å². The van der Waals surface area contributed by atoms with Gasteiger partial charge in [0, 0.05) is 11.6 Å². The molecule has 0 aliphatic heterocycles. The van der Waals surface area contributed by atoms with Gasteiger partial charge in [-0.3, -0.25) is 5.10 Å². The maximum absolute atomic E-state index is 9.82. The number of aromatic amines is 1. The molecule has 0 unspecified atom stereocenters. The molecule has 0 radical (unpaired) electrons. The molecule has 0 amide bonds. The van der Waals surface area contributed by atoms with Gasteiger partial charge in [0.25, 0.3) is 0 Å². The third kappa shape index (κ3) is 1.64. The SMILES string of the molecule is Cc1ccc(Cl)c(O)c1-c1cc(N)n[nH]1. The number of nitrogen functional groups attached to an aromatic ring is 1. The Morgan fingerprint density at radius 3 is 2.80 bits per heavy atom. The van der Waals surface area contributed by atoms with Crippen molar-refractivity contribution in [1.29, 1.82) is 0 Å². The van der Waals surface area contributed by atoms with Crippen LogP contribution in [-0.2, 0) is 0 Å². The van der Waals surface area contributed by atoms with Crippen LogP contribution in [0.2, 0.25) is 5.02 Å². The van der Waals surface area contributed by atoms with E-state index in [0.717, 1.165) is 5.56 Å². The third-order valence-corrected chi connectivity index (χ3v) is 2.51. The Bertz CT molecular complexity index is 507.